The molecular weight excluding hydrogens is 376 g/mol. The van der Waals surface area contributed by atoms with E-state index in [0.29, 0.717) is 12.4 Å². The molecule has 1 aliphatic rings. The average molecular weight is 399 g/mol. The molecule has 0 aliphatic carbocycles. The Balaban J connectivity index is 0.00000225. The molecule has 28 heavy (non-hydrogen) atoms. The molecule has 0 saturated heterocycles. The number of hydrogen-bond donors (Lipinski definition) is 2. The van der Waals surface area contributed by atoms with Crippen molar-refractivity contribution in [2.24, 2.45) is 5.73 Å². The molecule has 3 aromatic rings. The third-order valence-electron chi connectivity index (χ3n) is 5.03. The topological polar surface area (TPSA) is 101 Å². The molecular formula is C20H23ClN6O. The van der Waals surface area contributed by atoms with Crippen molar-refractivity contribution in [3.63, 3.8) is 0 Å². The zero-order valence-electron chi connectivity index (χ0n) is 15.4. The number of aryl methyl sites for hydroxylation is 2. The number of anilines is 1. The number of carbonyl (C=O) groups is 1. The van der Waals surface area contributed by atoms with E-state index in [9.17, 15) is 4.79 Å². The van der Waals surface area contributed by atoms with Crippen molar-refractivity contribution in [3.05, 3.63) is 71.0 Å². The number of aromatic amines is 1. The summed E-state index contributed by atoms with van der Waals surface area (Å²) in [5, 5.41) is 13.6. The van der Waals surface area contributed by atoms with Crippen molar-refractivity contribution in [1.82, 2.24) is 20.6 Å². The molecule has 0 spiro atoms. The lowest BCUT2D eigenvalue weighted by molar-refractivity contribution is -0.119. The van der Waals surface area contributed by atoms with Gasteiger partial charge in [0.25, 0.3) is 0 Å². The van der Waals surface area contributed by atoms with Gasteiger partial charge in [0.2, 0.25) is 5.91 Å². The van der Waals surface area contributed by atoms with Crippen molar-refractivity contribution in [2.45, 2.75) is 31.7 Å². The van der Waals surface area contributed by atoms with E-state index in [-0.39, 0.29) is 24.7 Å². The largest absolute Gasteiger partial charge is 0.320 e. The molecule has 2 heterocycles. The number of nitrogens with zero attached hydrogens (tertiary/aromatic N) is 4. The number of H-pyrrole nitrogens is 1. The summed E-state index contributed by atoms with van der Waals surface area (Å²) in [6, 6.07) is 16.0. The van der Waals surface area contributed by atoms with Crippen LogP contribution in [-0.4, -0.2) is 39.1 Å². The Morgan fingerprint density at radius 3 is 2.71 bits per heavy atom. The smallest absolute Gasteiger partial charge is 0.244 e. The van der Waals surface area contributed by atoms with Crippen molar-refractivity contribution < 1.29 is 4.79 Å². The number of amides is 1. The molecule has 0 radical (unpaired) electrons. The van der Waals surface area contributed by atoms with Gasteiger partial charge in [0.1, 0.15) is 0 Å². The van der Waals surface area contributed by atoms with Gasteiger partial charge in [-0.3, -0.25) is 4.79 Å². The van der Waals surface area contributed by atoms with Crippen LogP contribution in [0.3, 0.4) is 0 Å². The van der Waals surface area contributed by atoms with Gasteiger partial charge in [-0.25, -0.2) is 0 Å². The molecule has 4 rings (SSSR count). The van der Waals surface area contributed by atoms with Gasteiger partial charge in [-0.1, -0.05) is 47.7 Å². The van der Waals surface area contributed by atoms with Gasteiger partial charge < -0.3 is 10.6 Å². The normalized spacial score (nSPS) is 13.7. The van der Waals surface area contributed by atoms with E-state index >= 15 is 0 Å². The SMILES string of the molecule is Cl.NC(Cc1nn[nH]n1)C(=O)N1CCc2c(CCc3ccccc3)cccc21. The minimum absolute atomic E-state index is 0. The van der Waals surface area contributed by atoms with Gasteiger partial charge in [-0.15, -0.1) is 22.6 Å². The number of nitrogens with one attached hydrogen (secondary N) is 1. The predicted octanol–water partition coefficient (Wildman–Crippen LogP) is 1.87. The molecule has 1 atom stereocenters. The minimum Gasteiger partial charge on any atom is -0.320 e. The minimum atomic E-state index is -0.679. The van der Waals surface area contributed by atoms with Gasteiger partial charge in [0.05, 0.1) is 6.04 Å². The summed E-state index contributed by atoms with van der Waals surface area (Å²) in [6.45, 7) is 0.663. The highest BCUT2D eigenvalue weighted by atomic mass is 35.5. The predicted molar refractivity (Wildman–Crippen MR) is 109 cm³/mol. The second kappa shape index (κ2) is 8.95. The summed E-state index contributed by atoms with van der Waals surface area (Å²) in [5.74, 6) is 0.352. The van der Waals surface area contributed by atoms with E-state index in [0.717, 1.165) is 24.9 Å². The second-order valence-corrected chi connectivity index (χ2v) is 6.78. The quantitative estimate of drug-likeness (QED) is 0.660. The van der Waals surface area contributed by atoms with E-state index in [1.165, 1.54) is 16.7 Å². The van der Waals surface area contributed by atoms with Crippen LogP contribution in [0, 0.1) is 0 Å². The lowest BCUT2D eigenvalue weighted by Crippen LogP contribution is -2.44. The Kier molecular flexibility index (Phi) is 6.38. The van der Waals surface area contributed by atoms with Crippen LogP contribution in [0.1, 0.15) is 22.5 Å². The first-order chi connectivity index (χ1) is 13.2. The number of nitrogens with two attached hydrogens (primary N) is 1. The first-order valence-corrected chi connectivity index (χ1v) is 9.16. The van der Waals surface area contributed by atoms with E-state index in [1.54, 1.807) is 4.90 Å². The Morgan fingerprint density at radius 2 is 1.96 bits per heavy atom. The number of fused-ring (bicyclic) bond motifs is 1. The van der Waals surface area contributed by atoms with Crippen molar-refractivity contribution >= 4 is 24.0 Å². The van der Waals surface area contributed by atoms with Crippen LogP contribution < -0.4 is 10.6 Å². The van der Waals surface area contributed by atoms with Crippen LogP contribution in [-0.2, 0) is 30.5 Å². The van der Waals surface area contributed by atoms with Crippen molar-refractivity contribution in [2.75, 3.05) is 11.4 Å². The third kappa shape index (κ3) is 4.21. The standard InChI is InChI=1S/C20H22N6O.ClH/c21-17(13-19-22-24-25-23-19)20(27)26-12-11-16-15(7-4-8-18(16)26)10-9-14-5-2-1-3-6-14;/h1-8,17H,9-13,21H2,(H,22,23,24,25);1H. The second-order valence-electron chi connectivity index (χ2n) is 6.78. The molecule has 0 bridgehead atoms. The Morgan fingerprint density at radius 1 is 1.14 bits per heavy atom. The maximum Gasteiger partial charge on any atom is 0.244 e. The van der Waals surface area contributed by atoms with Crippen molar-refractivity contribution in [3.8, 4) is 0 Å². The lowest BCUT2D eigenvalue weighted by Gasteiger charge is -2.21. The fourth-order valence-electron chi connectivity index (χ4n) is 3.65. The van der Waals surface area contributed by atoms with Crippen LogP contribution in [0.25, 0.3) is 0 Å². The molecule has 0 fully saturated rings. The van der Waals surface area contributed by atoms with Crippen LogP contribution in [0.2, 0.25) is 0 Å². The van der Waals surface area contributed by atoms with Crippen LogP contribution >= 0.6 is 12.4 Å². The van der Waals surface area contributed by atoms with Crippen LogP contribution in [0.4, 0.5) is 5.69 Å². The van der Waals surface area contributed by atoms with E-state index < -0.39 is 6.04 Å². The number of tetrazole rings is 1. The number of hydrogen-bond acceptors (Lipinski definition) is 5. The molecule has 2 aromatic carbocycles. The van der Waals surface area contributed by atoms with Gasteiger partial charge in [-0.05, 0) is 42.0 Å². The van der Waals surface area contributed by atoms with E-state index in [2.05, 4.69) is 51.0 Å². The van der Waals surface area contributed by atoms with E-state index in [4.69, 9.17) is 5.73 Å². The highest BCUT2D eigenvalue weighted by Gasteiger charge is 2.30. The van der Waals surface area contributed by atoms with E-state index in [1.807, 2.05) is 18.2 Å². The molecule has 8 heteroatoms. The molecule has 146 valence electrons. The van der Waals surface area contributed by atoms with Crippen LogP contribution in [0.5, 0.6) is 0 Å². The van der Waals surface area contributed by atoms with Gasteiger partial charge in [-0.2, -0.15) is 5.21 Å². The Bertz CT molecular complexity index is 916. The first kappa shape index (κ1) is 20.0. The molecule has 0 saturated carbocycles. The summed E-state index contributed by atoms with van der Waals surface area (Å²) in [7, 11) is 0. The molecule has 1 aromatic heterocycles. The average Bonchev–Trinajstić information content (AvgIpc) is 3.36. The Labute approximate surface area is 169 Å². The maximum absolute atomic E-state index is 12.8. The monoisotopic (exact) mass is 398 g/mol. The molecule has 3 N–H and O–H groups in total. The van der Waals surface area contributed by atoms with Gasteiger partial charge in [0, 0.05) is 18.7 Å². The number of carbonyl (C=O) groups excluding carboxylic acids is 1. The van der Waals surface area contributed by atoms with Gasteiger partial charge in [0.15, 0.2) is 5.82 Å². The number of halogens is 1. The van der Waals surface area contributed by atoms with Crippen LogP contribution in [0.15, 0.2) is 48.5 Å². The number of aromatic nitrogens is 4. The fraction of sp³-hybridized carbons (Fsp3) is 0.300. The fourth-order valence-corrected chi connectivity index (χ4v) is 3.65. The summed E-state index contributed by atoms with van der Waals surface area (Å²) in [6.07, 6.45) is 3.09. The highest BCUT2D eigenvalue weighted by molar-refractivity contribution is 5.99. The summed E-state index contributed by atoms with van der Waals surface area (Å²) in [4.78, 5) is 14.6. The Hall–Kier alpha value is -2.77. The molecule has 1 unspecified atom stereocenters. The zero-order valence-corrected chi connectivity index (χ0v) is 16.2. The summed E-state index contributed by atoms with van der Waals surface area (Å²) in [5.41, 5.74) is 11.0. The molecule has 1 amide bonds. The summed E-state index contributed by atoms with van der Waals surface area (Å²) < 4.78 is 0. The molecule has 1 aliphatic heterocycles. The summed E-state index contributed by atoms with van der Waals surface area (Å²) >= 11 is 0. The first-order valence-electron chi connectivity index (χ1n) is 9.16. The number of rotatable bonds is 6. The van der Waals surface area contributed by atoms with Gasteiger partial charge >= 0.3 is 0 Å². The maximum atomic E-state index is 12.8. The number of benzene rings is 2. The van der Waals surface area contributed by atoms with Crippen molar-refractivity contribution in [1.29, 1.82) is 0 Å². The molecule has 7 nitrogen and oxygen atoms in total. The zero-order chi connectivity index (χ0) is 18.6. The lowest BCUT2D eigenvalue weighted by atomic mass is 9.98. The third-order valence-corrected chi connectivity index (χ3v) is 5.03. The highest BCUT2D eigenvalue weighted by Crippen LogP contribution is 2.32.